The lowest BCUT2D eigenvalue weighted by Gasteiger charge is -2.06. The molecule has 0 aromatic carbocycles. The Labute approximate surface area is 98.6 Å². The van der Waals surface area contributed by atoms with E-state index in [-0.39, 0.29) is 5.56 Å². The van der Waals surface area contributed by atoms with Gasteiger partial charge >= 0.3 is 0 Å². The second-order valence-corrected chi connectivity index (χ2v) is 4.40. The van der Waals surface area contributed by atoms with E-state index < -0.39 is 0 Å². The van der Waals surface area contributed by atoms with Gasteiger partial charge in [-0.1, -0.05) is 13.3 Å². The number of unbranched alkanes of at least 4 members (excludes halogenated alkanes) is 1. The third-order valence-electron chi connectivity index (χ3n) is 2.18. The molecule has 1 N–H and O–H groups in total. The van der Waals surface area contributed by atoms with Crippen LogP contribution in [-0.2, 0) is 6.54 Å². The summed E-state index contributed by atoms with van der Waals surface area (Å²) in [5.41, 5.74) is 0.0514. The first-order valence-electron chi connectivity index (χ1n) is 5.30. The average molecular weight is 273 g/mol. The van der Waals surface area contributed by atoms with E-state index in [4.69, 9.17) is 0 Å². The standard InChI is InChI=1S/C11H17BrN2O/c1-2-3-6-13-7-8-14-9-10(12)4-5-11(14)15/h4-5,9,13H,2-3,6-8H2,1H3. The van der Waals surface area contributed by atoms with E-state index in [1.54, 1.807) is 16.7 Å². The first-order valence-corrected chi connectivity index (χ1v) is 6.10. The van der Waals surface area contributed by atoms with Crippen molar-refractivity contribution in [3.05, 3.63) is 33.2 Å². The van der Waals surface area contributed by atoms with Gasteiger partial charge in [-0.25, -0.2) is 0 Å². The maximum absolute atomic E-state index is 11.4. The van der Waals surface area contributed by atoms with Crippen molar-refractivity contribution in [3.8, 4) is 0 Å². The van der Waals surface area contributed by atoms with E-state index in [1.807, 2.05) is 6.20 Å². The van der Waals surface area contributed by atoms with Crippen LogP contribution in [0.25, 0.3) is 0 Å². The SMILES string of the molecule is CCCCNCCn1cc(Br)ccc1=O. The van der Waals surface area contributed by atoms with Crippen molar-refractivity contribution in [1.29, 1.82) is 0 Å². The molecule has 0 aliphatic heterocycles. The molecule has 0 saturated carbocycles. The zero-order valence-electron chi connectivity index (χ0n) is 9.00. The summed E-state index contributed by atoms with van der Waals surface area (Å²) in [4.78, 5) is 11.4. The quantitative estimate of drug-likeness (QED) is 0.804. The van der Waals surface area contributed by atoms with E-state index >= 15 is 0 Å². The molecule has 0 radical (unpaired) electrons. The Morgan fingerprint density at radius 1 is 1.40 bits per heavy atom. The summed E-state index contributed by atoms with van der Waals surface area (Å²) < 4.78 is 2.65. The minimum Gasteiger partial charge on any atom is -0.315 e. The Morgan fingerprint density at radius 3 is 2.93 bits per heavy atom. The van der Waals surface area contributed by atoms with Crippen molar-refractivity contribution < 1.29 is 0 Å². The van der Waals surface area contributed by atoms with Crippen molar-refractivity contribution >= 4 is 15.9 Å². The van der Waals surface area contributed by atoms with Crippen molar-refractivity contribution in [2.45, 2.75) is 26.3 Å². The minimum atomic E-state index is 0.0514. The lowest BCUT2D eigenvalue weighted by molar-refractivity contribution is 0.569. The van der Waals surface area contributed by atoms with Crippen LogP contribution in [0.5, 0.6) is 0 Å². The summed E-state index contributed by atoms with van der Waals surface area (Å²) in [6.07, 6.45) is 4.21. The molecule has 0 fully saturated rings. The summed E-state index contributed by atoms with van der Waals surface area (Å²) in [7, 11) is 0. The molecule has 1 rings (SSSR count). The summed E-state index contributed by atoms with van der Waals surface area (Å²) in [5, 5.41) is 3.31. The Hall–Kier alpha value is -0.610. The smallest absolute Gasteiger partial charge is 0.250 e. The minimum absolute atomic E-state index is 0.0514. The van der Waals surface area contributed by atoms with Gasteiger partial charge in [-0.3, -0.25) is 4.79 Å². The fourth-order valence-corrected chi connectivity index (χ4v) is 1.68. The van der Waals surface area contributed by atoms with Gasteiger partial charge in [0.15, 0.2) is 0 Å². The Kier molecular flexibility index (Phi) is 5.65. The highest BCUT2D eigenvalue weighted by molar-refractivity contribution is 9.10. The average Bonchev–Trinajstić information content (AvgIpc) is 2.23. The van der Waals surface area contributed by atoms with Gasteiger partial charge in [0.05, 0.1) is 0 Å². The lowest BCUT2D eigenvalue weighted by Crippen LogP contribution is -2.26. The van der Waals surface area contributed by atoms with E-state index in [0.717, 1.165) is 24.1 Å². The van der Waals surface area contributed by atoms with Gasteiger partial charge < -0.3 is 9.88 Å². The molecular weight excluding hydrogens is 256 g/mol. The van der Waals surface area contributed by atoms with Crippen LogP contribution in [0, 0.1) is 0 Å². The van der Waals surface area contributed by atoms with Crippen molar-refractivity contribution in [2.75, 3.05) is 13.1 Å². The first-order chi connectivity index (χ1) is 7.24. The normalized spacial score (nSPS) is 10.5. The highest BCUT2D eigenvalue weighted by atomic mass is 79.9. The molecule has 1 heterocycles. The molecule has 0 spiro atoms. The van der Waals surface area contributed by atoms with Crippen LogP contribution in [0.1, 0.15) is 19.8 Å². The summed E-state index contributed by atoms with van der Waals surface area (Å²) >= 11 is 3.35. The molecule has 0 aliphatic carbocycles. The molecule has 84 valence electrons. The highest BCUT2D eigenvalue weighted by Gasteiger charge is 1.95. The molecule has 0 atom stereocenters. The van der Waals surface area contributed by atoms with Gasteiger partial charge in [0, 0.05) is 29.8 Å². The number of nitrogens with zero attached hydrogens (tertiary/aromatic N) is 1. The zero-order valence-corrected chi connectivity index (χ0v) is 10.6. The first kappa shape index (κ1) is 12.5. The monoisotopic (exact) mass is 272 g/mol. The maximum atomic E-state index is 11.4. The summed E-state index contributed by atoms with van der Waals surface area (Å²) in [6, 6.07) is 3.35. The van der Waals surface area contributed by atoms with Gasteiger partial charge in [0.2, 0.25) is 0 Å². The number of halogens is 1. The van der Waals surface area contributed by atoms with E-state index in [0.29, 0.717) is 0 Å². The summed E-state index contributed by atoms with van der Waals surface area (Å²) in [5.74, 6) is 0. The van der Waals surface area contributed by atoms with Crippen LogP contribution in [0.2, 0.25) is 0 Å². The Morgan fingerprint density at radius 2 is 2.20 bits per heavy atom. The summed E-state index contributed by atoms with van der Waals surface area (Å²) in [6.45, 7) is 4.76. The molecule has 1 aromatic heterocycles. The number of hydrogen-bond donors (Lipinski definition) is 1. The van der Waals surface area contributed by atoms with Gasteiger partial charge in [-0.2, -0.15) is 0 Å². The van der Waals surface area contributed by atoms with Crippen LogP contribution in [0.3, 0.4) is 0 Å². The second-order valence-electron chi connectivity index (χ2n) is 3.48. The molecule has 0 bridgehead atoms. The third kappa shape index (κ3) is 4.62. The van der Waals surface area contributed by atoms with E-state index in [2.05, 4.69) is 28.2 Å². The fourth-order valence-electron chi connectivity index (χ4n) is 1.30. The van der Waals surface area contributed by atoms with Crippen LogP contribution in [-0.4, -0.2) is 17.7 Å². The largest absolute Gasteiger partial charge is 0.315 e. The molecule has 1 aromatic rings. The molecule has 0 saturated heterocycles. The van der Waals surface area contributed by atoms with Crippen LogP contribution >= 0.6 is 15.9 Å². The molecule has 0 unspecified atom stereocenters. The molecule has 0 amide bonds. The molecule has 15 heavy (non-hydrogen) atoms. The van der Waals surface area contributed by atoms with Crippen molar-refractivity contribution in [2.24, 2.45) is 0 Å². The number of rotatable bonds is 6. The lowest BCUT2D eigenvalue weighted by atomic mass is 10.3. The predicted octanol–water partition coefficient (Wildman–Crippen LogP) is 2.00. The number of pyridine rings is 1. The second kappa shape index (κ2) is 6.80. The Balaban J connectivity index is 2.37. The van der Waals surface area contributed by atoms with E-state index in [1.165, 1.54) is 12.8 Å². The molecule has 0 aliphatic rings. The van der Waals surface area contributed by atoms with Gasteiger partial charge in [-0.15, -0.1) is 0 Å². The molecule has 4 heteroatoms. The Bertz CT molecular complexity index is 349. The van der Waals surface area contributed by atoms with Gasteiger partial charge in [0.1, 0.15) is 0 Å². The molecule has 3 nitrogen and oxygen atoms in total. The molecular formula is C11H17BrN2O. The van der Waals surface area contributed by atoms with Crippen molar-refractivity contribution in [1.82, 2.24) is 9.88 Å². The zero-order chi connectivity index (χ0) is 11.1. The number of nitrogens with one attached hydrogen (secondary N) is 1. The van der Waals surface area contributed by atoms with Crippen LogP contribution < -0.4 is 10.9 Å². The highest BCUT2D eigenvalue weighted by Crippen LogP contribution is 2.04. The maximum Gasteiger partial charge on any atom is 0.250 e. The number of hydrogen-bond acceptors (Lipinski definition) is 2. The van der Waals surface area contributed by atoms with E-state index in [9.17, 15) is 4.79 Å². The number of aromatic nitrogens is 1. The predicted molar refractivity (Wildman–Crippen MR) is 66.2 cm³/mol. The van der Waals surface area contributed by atoms with Gasteiger partial charge in [0.25, 0.3) is 5.56 Å². The van der Waals surface area contributed by atoms with Crippen LogP contribution in [0.15, 0.2) is 27.6 Å². The van der Waals surface area contributed by atoms with Gasteiger partial charge in [-0.05, 0) is 35.0 Å². The topological polar surface area (TPSA) is 34.0 Å². The van der Waals surface area contributed by atoms with Crippen LogP contribution in [0.4, 0.5) is 0 Å². The fraction of sp³-hybridized carbons (Fsp3) is 0.545. The van der Waals surface area contributed by atoms with Crippen molar-refractivity contribution in [3.63, 3.8) is 0 Å². The third-order valence-corrected chi connectivity index (χ3v) is 2.65.